The molecule has 0 spiro atoms. The van der Waals surface area contributed by atoms with Crippen LogP contribution in [0.1, 0.15) is 39.5 Å². The molecule has 0 atom stereocenters. The van der Waals surface area contributed by atoms with Crippen LogP contribution in [-0.2, 0) is 0 Å². The molecule has 0 aliphatic heterocycles. The average Bonchev–Trinajstić information content (AvgIpc) is 2.77. The monoisotopic (exact) mass is 371 g/mol. The standard InChI is InChI=1S/C12H25N3S.HI/c1-12(2,16-4)9-14-11(13-3)15-10-7-5-6-8-10;/h10H,5-9H2,1-4H3,(H2,13,14,15);1H. The van der Waals surface area contributed by atoms with E-state index in [-0.39, 0.29) is 28.7 Å². The average molecular weight is 371 g/mol. The molecule has 0 unspecified atom stereocenters. The van der Waals surface area contributed by atoms with Gasteiger partial charge < -0.3 is 10.6 Å². The zero-order valence-electron chi connectivity index (χ0n) is 11.4. The molecule has 1 aliphatic rings. The Hall–Kier alpha value is 0.350. The van der Waals surface area contributed by atoms with Crippen LogP contribution in [0, 0.1) is 0 Å². The van der Waals surface area contributed by atoms with E-state index in [1.807, 2.05) is 18.8 Å². The number of hydrogen-bond donors (Lipinski definition) is 2. The fourth-order valence-corrected chi connectivity index (χ4v) is 2.04. The van der Waals surface area contributed by atoms with Gasteiger partial charge in [-0.15, -0.1) is 24.0 Å². The maximum Gasteiger partial charge on any atom is 0.191 e. The quantitative estimate of drug-likeness (QED) is 0.453. The van der Waals surface area contributed by atoms with Crippen LogP contribution in [0.4, 0.5) is 0 Å². The molecule has 0 aromatic carbocycles. The predicted octanol–water partition coefficient (Wildman–Crippen LogP) is 2.85. The molecule has 0 amide bonds. The van der Waals surface area contributed by atoms with Crippen LogP contribution in [-0.4, -0.2) is 36.6 Å². The van der Waals surface area contributed by atoms with Crippen molar-refractivity contribution in [3.05, 3.63) is 0 Å². The third-order valence-corrected chi connectivity index (χ3v) is 4.40. The lowest BCUT2D eigenvalue weighted by Gasteiger charge is -2.25. The highest BCUT2D eigenvalue weighted by atomic mass is 127. The van der Waals surface area contributed by atoms with Crippen molar-refractivity contribution in [3.8, 4) is 0 Å². The molecule has 0 saturated heterocycles. The number of nitrogens with one attached hydrogen (secondary N) is 2. The van der Waals surface area contributed by atoms with Crippen LogP contribution < -0.4 is 10.6 Å². The molecule has 0 aromatic rings. The van der Waals surface area contributed by atoms with Gasteiger partial charge in [0.2, 0.25) is 0 Å². The molecule has 5 heteroatoms. The van der Waals surface area contributed by atoms with Gasteiger partial charge in [0, 0.05) is 24.4 Å². The summed E-state index contributed by atoms with van der Waals surface area (Å²) in [5.74, 6) is 0.953. The summed E-state index contributed by atoms with van der Waals surface area (Å²) in [5, 5.41) is 6.90. The third-order valence-electron chi connectivity index (χ3n) is 3.15. The van der Waals surface area contributed by atoms with Gasteiger partial charge in [0.15, 0.2) is 5.96 Å². The second-order valence-electron chi connectivity index (χ2n) is 5.02. The Morgan fingerprint density at radius 2 is 1.94 bits per heavy atom. The first-order chi connectivity index (χ1) is 7.57. The Morgan fingerprint density at radius 1 is 1.35 bits per heavy atom. The molecule has 1 rings (SSSR count). The molecule has 0 radical (unpaired) electrons. The largest absolute Gasteiger partial charge is 0.355 e. The van der Waals surface area contributed by atoms with E-state index in [1.165, 1.54) is 25.7 Å². The minimum atomic E-state index is 0. The van der Waals surface area contributed by atoms with Crippen LogP contribution in [0.5, 0.6) is 0 Å². The van der Waals surface area contributed by atoms with Gasteiger partial charge in [-0.25, -0.2) is 0 Å². The van der Waals surface area contributed by atoms with Gasteiger partial charge in [-0.3, -0.25) is 4.99 Å². The molecule has 2 N–H and O–H groups in total. The van der Waals surface area contributed by atoms with Gasteiger partial charge in [0.1, 0.15) is 0 Å². The molecule has 1 saturated carbocycles. The van der Waals surface area contributed by atoms with Crippen molar-refractivity contribution in [1.29, 1.82) is 0 Å². The van der Waals surface area contributed by atoms with Gasteiger partial charge >= 0.3 is 0 Å². The van der Waals surface area contributed by atoms with Gasteiger partial charge in [-0.05, 0) is 32.9 Å². The first kappa shape index (κ1) is 17.4. The molecule has 1 fully saturated rings. The fraction of sp³-hybridized carbons (Fsp3) is 0.917. The topological polar surface area (TPSA) is 36.4 Å². The SMILES string of the molecule is CN=C(NCC(C)(C)SC)NC1CCCC1.I. The highest BCUT2D eigenvalue weighted by Crippen LogP contribution is 2.20. The summed E-state index contributed by atoms with van der Waals surface area (Å²) in [4.78, 5) is 4.27. The van der Waals surface area contributed by atoms with Crippen molar-refractivity contribution in [2.75, 3.05) is 19.8 Å². The summed E-state index contributed by atoms with van der Waals surface area (Å²) < 4.78 is 0.257. The Balaban J connectivity index is 0.00000256. The van der Waals surface area contributed by atoms with Crippen molar-refractivity contribution in [2.45, 2.75) is 50.3 Å². The zero-order valence-corrected chi connectivity index (χ0v) is 14.5. The van der Waals surface area contributed by atoms with Crippen LogP contribution in [0.25, 0.3) is 0 Å². The second-order valence-corrected chi connectivity index (χ2v) is 6.53. The molecule has 3 nitrogen and oxygen atoms in total. The minimum Gasteiger partial charge on any atom is -0.355 e. The number of aliphatic imine (C=N–C) groups is 1. The first-order valence-electron chi connectivity index (χ1n) is 6.10. The fourth-order valence-electron chi connectivity index (χ4n) is 1.83. The molecule has 1 aliphatic carbocycles. The molecular weight excluding hydrogens is 345 g/mol. The highest BCUT2D eigenvalue weighted by Gasteiger charge is 2.19. The Bertz CT molecular complexity index is 238. The second kappa shape index (κ2) is 8.45. The molecular formula is C12H26IN3S. The van der Waals surface area contributed by atoms with Gasteiger partial charge in [0.05, 0.1) is 0 Å². The van der Waals surface area contributed by atoms with E-state index in [4.69, 9.17) is 0 Å². The van der Waals surface area contributed by atoms with Gasteiger partial charge in [-0.1, -0.05) is 12.8 Å². The summed E-state index contributed by atoms with van der Waals surface area (Å²) in [5.41, 5.74) is 0. The Morgan fingerprint density at radius 3 is 2.41 bits per heavy atom. The Kier molecular flexibility index (Phi) is 8.63. The van der Waals surface area contributed by atoms with Crippen LogP contribution in [0.3, 0.4) is 0 Å². The number of rotatable bonds is 4. The van der Waals surface area contributed by atoms with Gasteiger partial charge in [0.25, 0.3) is 0 Å². The van der Waals surface area contributed by atoms with Crippen molar-refractivity contribution in [1.82, 2.24) is 10.6 Å². The molecule has 102 valence electrons. The van der Waals surface area contributed by atoms with Gasteiger partial charge in [-0.2, -0.15) is 11.8 Å². The third kappa shape index (κ3) is 6.74. The van der Waals surface area contributed by atoms with Crippen LogP contribution >= 0.6 is 35.7 Å². The maximum atomic E-state index is 4.27. The highest BCUT2D eigenvalue weighted by molar-refractivity contribution is 14.0. The molecule has 0 bridgehead atoms. The van der Waals surface area contributed by atoms with Crippen molar-refractivity contribution >= 4 is 41.7 Å². The smallest absolute Gasteiger partial charge is 0.191 e. The van der Waals surface area contributed by atoms with Crippen LogP contribution in [0.15, 0.2) is 4.99 Å². The van der Waals surface area contributed by atoms with E-state index in [2.05, 4.69) is 35.7 Å². The van der Waals surface area contributed by atoms with Crippen LogP contribution in [0.2, 0.25) is 0 Å². The number of thioether (sulfide) groups is 1. The normalized spacial score (nSPS) is 17.8. The summed E-state index contributed by atoms with van der Waals surface area (Å²) in [7, 11) is 1.84. The molecule has 0 heterocycles. The van der Waals surface area contributed by atoms with E-state index in [1.54, 1.807) is 0 Å². The van der Waals surface area contributed by atoms with Crippen molar-refractivity contribution in [2.24, 2.45) is 4.99 Å². The van der Waals surface area contributed by atoms with E-state index in [0.29, 0.717) is 6.04 Å². The molecule has 17 heavy (non-hydrogen) atoms. The van der Waals surface area contributed by atoms with E-state index >= 15 is 0 Å². The summed E-state index contributed by atoms with van der Waals surface area (Å²) in [6.45, 7) is 5.43. The maximum absolute atomic E-state index is 4.27. The summed E-state index contributed by atoms with van der Waals surface area (Å²) >= 11 is 1.88. The lowest BCUT2D eigenvalue weighted by Crippen LogP contribution is -2.46. The zero-order chi connectivity index (χ0) is 12.0. The van der Waals surface area contributed by atoms with E-state index in [9.17, 15) is 0 Å². The first-order valence-corrected chi connectivity index (χ1v) is 7.32. The number of guanidine groups is 1. The van der Waals surface area contributed by atoms with E-state index in [0.717, 1.165) is 12.5 Å². The lowest BCUT2D eigenvalue weighted by molar-refractivity contribution is 0.599. The summed E-state index contributed by atoms with van der Waals surface area (Å²) in [6.07, 6.45) is 7.42. The number of halogens is 1. The van der Waals surface area contributed by atoms with Crippen molar-refractivity contribution < 1.29 is 0 Å². The predicted molar refractivity (Wildman–Crippen MR) is 89.8 cm³/mol. The number of nitrogens with zero attached hydrogens (tertiary/aromatic N) is 1. The Labute approximate surface area is 127 Å². The minimum absolute atomic E-state index is 0. The van der Waals surface area contributed by atoms with E-state index < -0.39 is 0 Å². The van der Waals surface area contributed by atoms with Crippen molar-refractivity contribution in [3.63, 3.8) is 0 Å². The number of hydrogen-bond acceptors (Lipinski definition) is 2. The molecule has 0 aromatic heterocycles. The lowest BCUT2D eigenvalue weighted by atomic mass is 10.2. The summed E-state index contributed by atoms with van der Waals surface area (Å²) in [6, 6.07) is 0.628.